The molecule has 0 atom stereocenters. The molecule has 11 nitrogen and oxygen atoms in total. The smallest absolute Gasteiger partial charge is 0.352 e. The van der Waals surface area contributed by atoms with Gasteiger partial charge in [0.25, 0.3) is 0 Å². The van der Waals surface area contributed by atoms with Gasteiger partial charge >= 0.3 is 5.97 Å². The molecule has 6 heterocycles. The number of H-pyrrole nitrogens is 1. The zero-order valence-corrected chi connectivity index (χ0v) is 26.9. The molecule has 4 aromatic heterocycles. The number of carbonyl (C=O) groups excluding carboxylic acids is 1. The Morgan fingerprint density at radius 2 is 1.49 bits per heavy atom. The van der Waals surface area contributed by atoms with E-state index in [4.69, 9.17) is 21.1 Å². The zero-order chi connectivity index (χ0) is 30.8. The van der Waals surface area contributed by atoms with E-state index in [1.807, 2.05) is 43.1 Å². The molecular weight excluding hydrogens is 612 g/mol. The van der Waals surface area contributed by atoms with Crippen molar-refractivity contribution in [3.05, 3.63) is 69.2 Å². The second-order valence-corrected chi connectivity index (χ2v) is 12.0. The number of alkyl halides is 1. The number of rotatable bonds is 7. The van der Waals surface area contributed by atoms with Gasteiger partial charge in [0.2, 0.25) is 0 Å². The van der Waals surface area contributed by atoms with E-state index in [-0.39, 0.29) is 5.78 Å². The minimum Gasteiger partial charge on any atom is -0.477 e. The number of carboxylic acid groups (broad SMARTS) is 1. The van der Waals surface area contributed by atoms with Crippen LogP contribution in [-0.4, -0.2) is 89.0 Å². The van der Waals surface area contributed by atoms with Crippen LogP contribution in [0.5, 0.6) is 0 Å². The van der Waals surface area contributed by atoms with Gasteiger partial charge in [-0.2, -0.15) is 0 Å². The number of carboxylic acids is 1. The summed E-state index contributed by atoms with van der Waals surface area (Å²) >= 11 is 8.93. The summed E-state index contributed by atoms with van der Waals surface area (Å²) in [6.07, 6.45) is 3.66. The minimum atomic E-state index is -0.910. The molecular formula is C29H37ClN6O5S2. The first kappa shape index (κ1) is 32.7. The van der Waals surface area contributed by atoms with Crippen LogP contribution < -0.4 is 9.80 Å². The van der Waals surface area contributed by atoms with Crippen molar-refractivity contribution in [2.24, 2.45) is 0 Å². The van der Waals surface area contributed by atoms with Crippen molar-refractivity contribution in [1.82, 2.24) is 19.5 Å². The standard InChI is InChI=1S/C14H17N3O3S.C8H11ClN2OS.C7H9NO/c1-10-6-12(13(18)19)17(7-10)8-11-9-21-14(15-11)16-2-4-20-5-3-16;9-5-7-6-13-8(10-7)11-1-3-12-4-2-11;1-5-3-7(6(2)9)8-4-5/h6-7,9H,2-5,8H2,1H3,(H,18,19);6H,1-5H2;3-4,8H,1-2H3. The number of anilines is 2. The highest BCUT2D eigenvalue weighted by Crippen LogP contribution is 2.23. The number of halogens is 1. The lowest BCUT2D eigenvalue weighted by Crippen LogP contribution is -2.36. The number of aromatic nitrogens is 4. The van der Waals surface area contributed by atoms with Crippen LogP contribution in [-0.2, 0) is 21.9 Å². The van der Waals surface area contributed by atoms with Gasteiger partial charge in [-0.15, -0.1) is 34.3 Å². The Bertz CT molecular complexity index is 1470. The van der Waals surface area contributed by atoms with Gasteiger partial charge in [0.05, 0.1) is 55.9 Å². The summed E-state index contributed by atoms with van der Waals surface area (Å²) in [5.41, 5.74) is 4.88. The van der Waals surface area contributed by atoms with Crippen molar-refractivity contribution in [2.45, 2.75) is 33.2 Å². The van der Waals surface area contributed by atoms with Crippen molar-refractivity contribution in [3.63, 3.8) is 0 Å². The maximum absolute atomic E-state index is 11.2. The van der Waals surface area contributed by atoms with Crippen LogP contribution in [0, 0.1) is 13.8 Å². The van der Waals surface area contributed by atoms with Crippen LogP contribution in [0.3, 0.4) is 0 Å². The Morgan fingerprint density at radius 1 is 0.930 bits per heavy atom. The van der Waals surface area contributed by atoms with Crippen molar-refractivity contribution in [3.8, 4) is 0 Å². The molecule has 2 N–H and O–H groups in total. The minimum absolute atomic E-state index is 0.0862. The van der Waals surface area contributed by atoms with Gasteiger partial charge in [-0.25, -0.2) is 14.8 Å². The summed E-state index contributed by atoms with van der Waals surface area (Å²) in [4.78, 5) is 38.2. The number of aromatic carboxylic acids is 1. The first-order chi connectivity index (χ1) is 20.7. The van der Waals surface area contributed by atoms with Crippen LogP contribution in [0.15, 0.2) is 35.3 Å². The fourth-order valence-corrected chi connectivity index (χ4v) is 6.35. The number of aromatic amines is 1. The Labute approximate surface area is 264 Å². The lowest BCUT2D eigenvalue weighted by Gasteiger charge is -2.26. The number of ether oxygens (including phenoxy) is 2. The normalized spacial score (nSPS) is 14.9. The molecule has 232 valence electrons. The van der Waals surface area contributed by atoms with Crippen LogP contribution in [0.2, 0.25) is 0 Å². The van der Waals surface area contributed by atoms with Gasteiger partial charge in [-0.05, 0) is 37.1 Å². The second-order valence-electron chi connectivity index (χ2n) is 10.1. The van der Waals surface area contributed by atoms with E-state index in [0.29, 0.717) is 23.8 Å². The van der Waals surface area contributed by atoms with Gasteiger partial charge in [0.1, 0.15) is 5.69 Å². The van der Waals surface area contributed by atoms with E-state index in [1.165, 1.54) is 0 Å². The molecule has 0 unspecified atom stereocenters. The number of thiazole rings is 2. The first-order valence-electron chi connectivity index (χ1n) is 13.9. The molecule has 0 spiro atoms. The van der Waals surface area contributed by atoms with Crippen molar-refractivity contribution < 1.29 is 24.2 Å². The van der Waals surface area contributed by atoms with Crippen LogP contribution >= 0.6 is 34.3 Å². The maximum Gasteiger partial charge on any atom is 0.352 e. The largest absolute Gasteiger partial charge is 0.477 e. The summed E-state index contributed by atoms with van der Waals surface area (Å²) in [6.45, 7) is 12.5. The van der Waals surface area contributed by atoms with E-state index >= 15 is 0 Å². The summed E-state index contributed by atoms with van der Waals surface area (Å²) < 4.78 is 12.3. The molecule has 0 saturated carbocycles. The molecule has 2 aliphatic heterocycles. The Morgan fingerprint density at radius 3 is 1.93 bits per heavy atom. The van der Waals surface area contributed by atoms with Crippen LogP contribution in [0.25, 0.3) is 0 Å². The fourth-order valence-electron chi connectivity index (χ4n) is 4.37. The molecule has 0 radical (unpaired) electrons. The van der Waals surface area contributed by atoms with E-state index in [1.54, 1.807) is 40.2 Å². The quantitative estimate of drug-likeness (QED) is 0.208. The average Bonchev–Trinajstić information content (AvgIpc) is 3.82. The third-order valence-corrected chi connectivity index (χ3v) is 8.75. The molecule has 4 aromatic rings. The average molecular weight is 649 g/mol. The predicted octanol–water partition coefficient (Wildman–Crippen LogP) is 5.08. The SMILES string of the molecule is CC(=O)c1cc(C)c[nH]1.Cc1cc(C(=O)O)n(Cc2csc(N3CCOCC3)n2)c1.ClCc1csc(N2CCOCC2)n1. The molecule has 0 amide bonds. The van der Waals surface area contributed by atoms with E-state index in [2.05, 4.69) is 24.8 Å². The predicted molar refractivity (Wildman–Crippen MR) is 171 cm³/mol. The monoisotopic (exact) mass is 648 g/mol. The Balaban J connectivity index is 0.000000163. The van der Waals surface area contributed by atoms with Gasteiger partial charge in [0, 0.05) is 56.3 Å². The van der Waals surface area contributed by atoms with Gasteiger partial charge < -0.3 is 33.9 Å². The third kappa shape index (κ3) is 9.63. The van der Waals surface area contributed by atoms with E-state index < -0.39 is 5.97 Å². The number of ketones is 1. The molecule has 0 aliphatic carbocycles. The molecule has 2 aliphatic rings. The third-order valence-electron chi connectivity index (χ3n) is 6.57. The highest BCUT2D eigenvalue weighted by atomic mass is 35.5. The summed E-state index contributed by atoms with van der Waals surface area (Å²) in [5.74, 6) is -0.323. The van der Waals surface area contributed by atoms with Crippen LogP contribution in [0.1, 0.15) is 50.4 Å². The molecule has 6 rings (SSSR count). The number of morpholine rings is 2. The highest BCUT2D eigenvalue weighted by Gasteiger charge is 2.17. The van der Waals surface area contributed by atoms with Gasteiger partial charge in [-0.1, -0.05) is 0 Å². The lowest BCUT2D eigenvalue weighted by atomic mass is 10.3. The summed E-state index contributed by atoms with van der Waals surface area (Å²) in [5, 5.41) is 15.3. The number of Topliss-reactive ketones (excluding diaryl/α,β-unsaturated/α-hetero) is 1. The topological polar surface area (TPSA) is 126 Å². The number of nitrogens with one attached hydrogen (secondary N) is 1. The number of aryl methyl sites for hydroxylation is 2. The number of nitrogens with zero attached hydrogens (tertiary/aromatic N) is 5. The summed E-state index contributed by atoms with van der Waals surface area (Å²) in [6, 6.07) is 3.51. The maximum atomic E-state index is 11.2. The van der Waals surface area contributed by atoms with Crippen molar-refractivity contribution in [1.29, 1.82) is 0 Å². The molecule has 0 bridgehead atoms. The summed E-state index contributed by atoms with van der Waals surface area (Å²) in [7, 11) is 0. The number of carbonyl (C=O) groups is 2. The van der Waals surface area contributed by atoms with Gasteiger partial charge in [-0.3, -0.25) is 4.79 Å². The highest BCUT2D eigenvalue weighted by molar-refractivity contribution is 7.14. The van der Waals surface area contributed by atoms with E-state index in [9.17, 15) is 14.7 Å². The molecule has 2 fully saturated rings. The van der Waals surface area contributed by atoms with Crippen LogP contribution in [0.4, 0.5) is 10.3 Å². The zero-order valence-electron chi connectivity index (χ0n) is 24.5. The molecule has 14 heteroatoms. The lowest BCUT2D eigenvalue weighted by molar-refractivity contribution is 0.0685. The van der Waals surface area contributed by atoms with Crippen molar-refractivity contribution in [2.75, 3.05) is 62.4 Å². The van der Waals surface area contributed by atoms with Gasteiger partial charge in [0.15, 0.2) is 16.0 Å². The number of hydrogen-bond acceptors (Lipinski definition) is 10. The molecule has 2 saturated heterocycles. The Kier molecular flexibility index (Phi) is 12.2. The number of hydrogen-bond donors (Lipinski definition) is 2. The molecule has 0 aromatic carbocycles. The van der Waals surface area contributed by atoms with Crippen molar-refractivity contribution >= 4 is 56.3 Å². The fraction of sp³-hybridized carbons (Fsp3) is 0.448. The Hall–Kier alpha value is -3.23. The first-order valence-corrected chi connectivity index (χ1v) is 16.2. The van der Waals surface area contributed by atoms with E-state index in [0.717, 1.165) is 85.4 Å². The molecule has 43 heavy (non-hydrogen) atoms. The second kappa shape index (κ2) is 16.0.